The van der Waals surface area contributed by atoms with Crippen molar-refractivity contribution in [3.05, 3.63) is 42.0 Å². The van der Waals surface area contributed by atoms with Crippen LogP contribution in [0, 0.1) is 0 Å². The lowest BCUT2D eigenvalue weighted by atomic mass is 9.84. The topological polar surface area (TPSA) is 76.4 Å². The van der Waals surface area contributed by atoms with E-state index in [0.29, 0.717) is 6.54 Å². The van der Waals surface area contributed by atoms with Crippen LogP contribution in [0.25, 0.3) is 0 Å². The van der Waals surface area contributed by atoms with E-state index in [0.717, 1.165) is 24.1 Å². The van der Waals surface area contributed by atoms with E-state index in [1.807, 2.05) is 19.2 Å². The maximum atomic E-state index is 5.32. The second-order valence-corrected chi connectivity index (χ2v) is 6.20. The maximum absolute atomic E-state index is 5.32. The quantitative estimate of drug-likeness (QED) is 0.619. The molecule has 0 radical (unpaired) electrons. The van der Waals surface area contributed by atoms with E-state index < -0.39 is 0 Å². The molecule has 0 unspecified atom stereocenters. The van der Waals surface area contributed by atoms with Crippen molar-refractivity contribution in [2.75, 3.05) is 20.7 Å². The van der Waals surface area contributed by atoms with Crippen LogP contribution < -0.4 is 15.4 Å². The molecule has 0 bridgehead atoms. The lowest BCUT2D eigenvalue weighted by Gasteiger charge is -2.27. The first kappa shape index (κ1) is 17.8. The van der Waals surface area contributed by atoms with Gasteiger partial charge in [0.2, 0.25) is 0 Å². The number of benzene rings is 1. The van der Waals surface area contributed by atoms with Crippen molar-refractivity contribution >= 4 is 5.96 Å². The number of ether oxygens (including phenoxy) is 1. The Balaban J connectivity index is 1.95. The van der Waals surface area contributed by atoms with Crippen LogP contribution >= 0.6 is 0 Å². The van der Waals surface area contributed by atoms with Gasteiger partial charge in [-0.1, -0.05) is 26.0 Å². The zero-order valence-electron chi connectivity index (χ0n) is 15.0. The highest BCUT2D eigenvalue weighted by atomic mass is 16.5. The molecule has 130 valence electrons. The second-order valence-electron chi connectivity index (χ2n) is 6.20. The normalized spacial score (nSPS) is 12.1. The smallest absolute Gasteiger partial charge is 0.191 e. The first-order chi connectivity index (χ1) is 11.5. The van der Waals surface area contributed by atoms with Crippen LogP contribution in [0.5, 0.6) is 5.75 Å². The number of guanidine groups is 1. The Bertz CT molecular complexity index is 692. The van der Waals surface area contributed by atoms with Crippen LogP contribution in [-0.2, 0) is 19.0 Å². The number of nitrogens with zero attached hydrogens (tertiary/aromatic N) is 4. The van der Waals surface area contributed by atoms with Gasteiger partial charge < -0.3 is 15.4 Å². The summed E-state index contributed by atoms with van der Waals surface area (Å²) in [7, 11) is 5.30. The highest BCUT2D eigenvalue weighted by Crippen LogP contribution is 2.25. The maximum Gasteiger partial charge on any atom is 0.191 e. The molecule has 2 aromatic rings. The molecule has 0 aliphatic rings. The number of nitrogens with one attached hydrogen (secondary N) is 2. The highest BCUT2D eigenvalue weighted by molar-refractivity contribution is 5.79. The molecule has 7 nitrogen and oxygen atoms in total. The number of hydrogen-bond acceptors (Lipinski definition) is 4. The molecular formula is C17H26N6O. The molecule has 0 saturated heterocycles. The number of rotatable bonds is 6. The van der Waals surface area contributed by atoms with Gasteiger partial charge in [-0.25, -0.2) is 4.98 Å². The minimum absolute atomic E-state index is 0.0725. The molecule has 0 aliphatic carbocycles. The Morgan fingerprint density at radius 2 is 2.12 bits per heavy atom. The van der Waals surface area contributed by atoms with E-state index in [4.69, 9.17) is 4.74 Å². The molecule has 0 saturated carbocycles. The molecule has 1 aromatic carbocycles. The monoisotopic (exact) mass is 330 g/mol. The van der Waals surface area contributed by atoms with Gasteiger partial charge in [-0.2, -0.15) is 5.10 Å². The fraction of sp³-hybridized carbons (Fsp3) is 0.471. The summed E-state index contributed by atoms with van der Waals surface area (Å²) >= 11 is 0. The van der Waals surface area contributed by atoms with Crippen molar-refractivity contribution in [2.45, 2.75) is 25.8 Å². The van der Waals surface area contributed by atoms with E-state index in [-0.39, 0.29) is 5.41 Å². The van der Waals surface area contributed by atoms with Crippen molar-refractivity contribution in [3.8, 4) is 5.75 Å². The fourth-order valence-corrected chi connectivity index (χ4v) is 2.31. The van der Waals surface area contributed by atoms with Gasteiger partial charge in [0.25, 0.3) is 0 Å². The summed E-state index contributed by atoms with van der Waals surface area (Å²) in [4.78, 5) is 8.45. The SMILES string of the molecule is CN=C(NCc1ncnn1C)NCC(C)(C)c1cccc(OC)c1. The Morgan fingerprint density at radius 3 is 2.75 bits per heavy atom. The summed E-state index contributed by atoms with van der Waals surface area (Å²) in [5, 5.41) is 10.7. The zero-order valence-corrected chi connectivity index (χ0v) is 15.0. The Morgan fingerprint density at radius 1 is 1.33 bits per heavy atom. The number of aromatic nitrogens is 3. The predicted molar refractivity (Wildman–Crippen MR) is 95.2 cm³/mol. The molecule has 0 aliphatic heterocycles. The van der Waals surface area contributed by atoms with Gasteiger partial charge in [-0.3, -0.25) is 9.67 Å². The first-order valence-corrected chi connectivity index (χ1v) is 7.88. The summed E-state index contributed by atoms with van der Waals surface area (Å²) in [5.41, 5.74) is 1.13. The van der Waals surface area contributed by atoms with E-state index >= 15 is 0 Å². The molecule has 24 heavy (non-hydrogen) atoms. The average Bonchev–Trinajstić information content (AvgIpc) is 3.00. The van der Waals surface area contributed by atoms with Crippen LogP contribution in [0.4, 0.5) is 0 Å². The van der Waals surface area contributed by atoms with Crippen LogP contribution in [0.15, 0.2) is 35.6 Å². The Labute approximate surface area is 143 Å². The number of aliphatic imine (C=N–C) groups is 1. The standard InChI is InChI=1S/C17H26N6O/c1-17(2,13-7-6-8-14(9-13)24-5)11-20-16(18-3)19-10-15-21-12-22-23(15)4/h6-9,12H,10-11H2,1-5H3,(H2,18,19,20). The summed E-state index contributed by atoms with van der Waals surface area (Å²) in [6.07, 6.45) is 1.54. The number of aryl methyl sites for hydroxylation is 1. The van der Waals surface area contributed by atoms with Gasteiger partial charge in [0.1, 0.15) is 17.9 Å². The van der Waals surface area contributed by atoms with E-state index in [9.17, 15) is 0 Å². The summed E-state index contributed by atoms with van der Waals surface area (Å²) < 4.78 is 7.05. The van der Waals surface area contributed by atoms with E-state index in [1.165, 1.54) is 5.56 Å². The van der Waals surface area contributed by atoms with Crippen molar-refractivity contribution in [1.82, 2.24) is 25.4 Å². The molecule has 0 fully saturated rings. The number of hydrogen-bond donors (Lipinski definition) is 2. The third-order valence-electron chi connectivity index (χ3n) is 3.99. The van der Waals surface area contributed by atoms with Gasteiger partial charge in [-0.15, -0.1) is 0 Å². The lowest BCUT2D eigenvalue weighted by molar-refractivity contribution is 0.411. The largest absolute Gasteiger partial charge is 0.497 e. The van der Waals surface area contributed by atoms with Crippen molar-refractivity contribution < 1.29 is 4.74 Å². The molecule has 0 atom stereocenters. The molecule has 0 spiro atoms. The fourth-order valence-electron chi connectivity index (χ4n) is 2.31. The molecule has 2 rings (SSSR count). The second kappa shape index (κ2) is 7.81. The molecule has 7 heteroatoms. The summed E-state index contributed by atoms with van der Waals surface area (Å²) in [5.74, 6) is 2.45. The molecule has 2 N–H and O–H groups in total. The Kier molecular flexibility index (Phi) is 5.78. The van der Waals surface area contributed by atoms with Gasteiger partial charge in [0, 0.05) is 26.1 Å². The van der Waals surface area contributed by atoms with Crippen LogP contribution in [-0.4, -0.2) is 41.4 Å². The molecule has 1 aromatic heterocycles. The van der Waals surface area contributed by atoms with Crippen molar-refractivity contribution in [3.63, 3.8) is 0 Å². The summed E-state index contributed by atoms with van der Waals surface area (Å²) in [6.45, 7) is 5.67. The summed E-state index contributed by atoms with van der Waals surface area (Å²) in [6, 6.07) is 8.14. The van der Waals surface area contributed by atoms with Gasteiger partial charge >= 0.3 is 0 Å². The van der Waals surface area contributed by atoms with Gasteiger partial charge in [0.15, 0.2) is 5.96 Å². The molecular weight excluding hydrogens is 304 g/mol. The van der Waals surface area contributed by atoms with Crippen LogP contribution in [0.3, 0.4) is 0 Å². The minimum atomic E-state index is -0.0725. The van der Waals surface area contributed by atoms with Crippen LogP contribution in [0.2, 0.25) is 0 Å². The minimum Gasteiger partial charge on any atom is -0.497 e. The Hall–Kier alpha value is -2.57. The lowest BCUT2D eigenvalue weighted by Crippen LogP contribution is -2.43. The third-order valence-corrected chi connectivity index (χ3v) is 3.99. The molecule has 0 amide bonds. The third kappa shape index (κ3) is 4.47. The predicted octanol–water partition coefficient (Wildman–Crippen LogP) is 1.47. The average molecular weight is 330 g/mol. The van der Waals surface area contributed by atoms with Gasteiger partial charge in [-0.05, 0) is 17.7 Å². The van der Waals surface area contributed by atoms with Crippen molar-refractivity contribution in [1.29, 1.82) is 0 Å². The van der Waals surface area contributed by atoms with Crippen LogP contribution in [0.1, 0.15) is 25.2 Å². The number of methoxy groups -OCH3 is 1. The highest BCUT2D eigenvalue weighted by Gasteiger charge is 2.21. The first-order valence-electron chi connectivity index (χ1n) is 7.88. The molecule has 1 heterocycles. The zero-order chi connectivity index (χ0) is 17.6. The van der Waals surface area contributed by atoms with E-state index in [2.05, 4.69) is 51.7 Å². The van der Waals surface area contributed by atoms with E-state index in [1.54, 1.807) is 25.2 Å². The van der Waals surface area contributed by atoms with Gasteiger partial charge in [0.05, 0.1) is 13.7 Å². The van der Waals surface area contributed by atoms with Crippen molar-refractivity contribution in [2.24, 2.45) is 12.0 Å².